The molecular weight excluding hydrogens is 223 g/mol. The molecule has 2 heteroatoms. The molecule has 0 aromatic heterocycles. The summed E-state index contributed by atoms with van der Waals surface area (Å²) in [6.45, 7) is 3.89. The molecule has 0 saturated heterocycles. The highest BCUT2D eigenvalue weighted by atomic mass is 35.5. The molecule has 0 heterocycles. The lowest BCUT2D eigenvalue weighted by Crippen LogP contribution is -2.14. The summed E-state index contributed by atoms with van der Waals surface area (Å²) < 4.78 is 13.2. The third-order valence-electron chi connectivity index (χ3n) is 3.64. The maximum Gasteiger partial charge on any atom is 0.123 e. The van der Waals surface area contributed by atoms with Gasteiger partial charge in [-0.3, -0.25) is 0 Å². The Labute approximate surface area is 102 Å². The van der Waals surface area contributed by atoms with Crippen molar-refractivity contribution in [2.24, 2.45) is 5.92 Å². The van der Waals surface area contributed by atoms with E-state index < -0.39 is 0 Å². The van der Waals surface area contributed by atoms with Gasteiger partial charge in [-0.1, -0.05) is 19.3 Å². The number of hydrogen-bond donors (Lipinski definition) is 0. The van der Waals surface area contributed by atoms with E-state index in [1.165, 1.54) is 19.3 Å². The highest BCUT2D eigenvalue weighted by Gasteiger charge is 2.23. The van der Waals surface area contributed by atoms with Gasteiger partial charge in [-0.15, -0.1) is 11.6 Å². The molecule has 0 nitrogen and oxygen atoms in total. The Morgan fingerprint density at radius 2 is 1.88 bits per heavy atom. The summed E-state index contributed by atoms with van der Waals surface area (Å²) in [4.78, 5) is 0. The molecule has 1 aromatic carbocycles. The third-order valence-corrected chi connectivity index (χ3v) is 4.03. The van der Waals surface area contributed by atoms with E-state index in [9.17, 15) is 4.39 Å². The monoisotopic (exact) mass is 240 g/mol. The Morgan fingerprint density at radius 3 is 2.31 bits per heavy atom. The van der Waals surface area contributed by atoms with E-state index in [-0.39, 0.29) is 11.2 Å². The molecule has 1 saturated carbocycles. The summed E-state index contributed by atoms with van der Waals surface area (Å²) >= 11 is 6.45. The Morgan fingerprint density at radius 1 is 1.31 bits per heavy atom. The maximum atomic E-state index is 13.2. The van der Waals surface area contributed by atoms with Crippen LogP contribution in [-0.4, -0.2) is 0 Å². The third kappa shape index (κ3) is 2.40. The molecule has 1 atom stereocenters. The molecule has 1 aromatic rings. The lowest BCUT2D eigenvalue weighted by molar-refractivity contribution is 0.293. The molecule has 0 amide bonds. The number of alkyl halides is 1. The first-order valence-corrected chi connectivity index (χ1v) is 6.42. The number of aryl methyl sites for hydroxylation is 2. The van der Waals surface area contributed by atoms with Crippen molar-refractivity contribution in [1.82, 2.24) is 0 Å². The summed E-state index contributed by atoms with van der Waals surface area (Å²) in [5, 5.41) is 0.0471. The molecule has 0 aliphatic heterocycles. The normalized spacial score (nSPS) is 18.2. The summed E-state index contributed by atoms with van der Waals surface area (Å²) in [5.74, 6) is 0.623. The van der Waals surface area contributed by atoms with Crippen molar-refractivity contribution in [3.8, 4) is 0 Å². The Balaban J connectivity index is 2.17. The average molecular weight is 241 g/mol. The molecule has 2 rings (SSSR count). The van der Waals surface area contributed by atoms with Gasteiger partial charge in [0.1, 0.15) is 5.82 Å². The molecule has 88 valence electrons. The second kappa shape index (κ2) is 4.75. The highest BCUT2D eigenvalue weighted by Crippen LogP contribution is 2.39. The van der Waals surface area contributed by atoms with Gasteiger partial charge in [0.15, 0.2) is 0 Å². The minimum atomic E-state index is -0.161. The Bertz CT molecular complexity index is 359. The second-order valence-corrected chi connectivity index (χ2v) is 5.48. The molecule has 0 radical (unpaired) electrons. The van der Waals surface area contributed by atoms with Crippen LogP contribution in [-0.2, 0) is 0 Å². The van der Waals surface area contributed by atoms with E-state index in [0.717, 1.165) is 29.0 Å². The first-order valence-electron chi connectivity index (χ1n) is 5.98. The van der Waals surface area contributed by atoms with Crippen LogP contribution in [0, 0.1) is 25.6 Å². The number of benzene rings is 1. The van der Waals surface area contributed by atoms with Crippen molar-refractivity contribution in [1.29, 1.82) is 0 Å². The van der Waals surface area contributed by atoms with Crippen LogP contribution in [0.4, 0.5) is 4.39 Å². The van der Waals surface area contributed by atoms with Gasteiger partial charge in [-0.2, -0.15) is 0 Å². The average Bonchev–Trinajstić information content (AvgIpc) is 2.09. The van der Waals surface area contributed by atoms with Crippen molar-refractivity contribution in [2.45, 2.75) is 44.9 Å². The summed E-state index contributed by atoms with van der Waals surface area (Å²) in [7, 11) is 0. The van der Waals surface area contributed by atoms with Crippen LogP contribution < -0.4 is 0 Å². The fraction of sp³-hybridized carbons (Fsp3) is 0.571. The van der Waals surface area contributed by atoms with Gasteiger partial charge in [0.25, 0.3) is 0 Å². The van der Waals surface area contributed by atoms with Crippen molar-refractivity contribution < 1.29 is 4.39 Å². The van der Waals surface area contributed by atoms with Gasteiger partial charge >= 0.3 is 0 Å². The second-order valence-electron chi connectivity index (χ2n) is 4.95. The fourth-order valence-electron chi connectivity index (χ4n) is 2.55. The lowest BCUT2D eigenvalue weighted by Gasteiger charge is -2.28. The zero-order valence-electron chi connectivity index (χ0n) is 9.89. The van der Waals surface area contributed by atoms with Gasteiger partial charge in [0.05, 0.1) is 5.38 Å². The van der Waals surface area contributed by atoms with E-state index in [1.54, 1.807) is 12.1 Å². The summed E-state index contributed by atoms with van der Waals surface area (Å²) in [6, 6.07) is 3.16. The quantitative estimate of drug-likeness (QED) is 0.659. The first kappa shape index (κ1) is 11.9. The standard InChI is InChI=1S/C14H18ClF/c1-9-6-12(16)7-10(2)14(9)13(15)8-11-4-3-5-11/h6-7,11,13H,3-5,8H2,1-2H3. The highest BCUT2D eigenvalue weighted by molar-refractivity contribution is 6.21. The van der Waals surface area contributed by atoms with E-state index in [4.69, 9.17) is 11.6 Å². The Hall–Kier alpha value is -0.560. The molecule has 0 spiro atoms. The van der Waals surface area contributed by atoms with E-state index in [0.29, 0.717) is 0 Å². The van der Waals surface area contributed by atoms with Crippen LogP contribution in [0.5, 0.6) is 0 Å². The van der Waals surface area contributed by atoms with Crippen molar-refractivity contribution >= 4 is 11.6 Å². The van der Waals surface area contributed by atoms with Gasteiger partial charge in [0, 0.05) is 0 Å². The van der Waals surface area contributed by atoms with Crippen LogP contribution in [0.1, 0.15) is 47.8 Å². The molecule has 1 aliphatic rings. The minimum absolute atomic E-state index is 0.0471. The fourth-order valence-corrected chi connectivity index (χ4v) is 3.15. The van der Waals surface area contributed by atoms with Crippen LogP contribution >= 0.6 is 11.6 Å². The largest absolute Gasteiger partial charge is 0.207 e. The smallest absolute Gasteiger partial charge is 0.123 e. The van der Waals surface area contributed by atoms with E-state index in [2.05, 4.69) is 0 Å². The van der Waals surface area contributed by atoms with Crippen LogP contribution in [0.2, 0.25) is 0 Å². The number of hydrogen-bond acceptors (Lipinski definition) is 0. The molecule has 16 heavy (non-hydrogen) atoms. The molecule has 0 bridgehead atoms. The molecule has 1 aliphatic carbocycles. The molecule has 0 N–H and O–H groups in total. The Kier molecular flexibility index (Phi) is 3.53. The van der Waals surface area contributed by atoms with Crippen molar-refractivity contribution in [3.63, 3.8) is 0 Å². The minimum Gasteiger partial charge on any atom is -0.207 e. The van der Waals surface area contributed by atoms with Crippen molar-refractivity contribution in [3.05, 3.63) is 34.6 Å². The zero-order chi connectivity index (χ0) is 11.7. The number of halogens is 2. The predicted molar refractivity (Wildman–Crippen MR) is 66.4 cm³/mol. The number of rotatable bonds is 3. The topological polar surface area (TPSA) is 0 Å². The van der Waals surface area contributed by atoms with Crippen LogP contribution in [0.25, 0.3) is 0 Å². The maximum absolute atomic E-state index is 13.2. The van der Waals surface area contributed by atoms with Crippen LogP contribution in [0.3, 0.4) is 0 Å². The lowest BCUT2D eigenvalue weighted by atomic mass is 9.80. The van der Waals surface area contributed by atoms with Gasteiger partial charge in [0.2, 0.25) is 0 Å². The van der Waals surface area contributed by atoms with Crippen LogP contribution in [0.15, 0.2) is 12.1 Å². The molecule has 1 fully saturated rings. The van der Waals surface area contributed by atoms with Gasteiger partial charge in [-0.25, -0.2) is 4.39 Å². The van der Waals surface area contributed by atoms with Crippen molar-refractivity contribution in [2.75, 3.05) is 0 Å². The zero-order valence-corrected chi connectivity index (χ0v) is 10.6. The predicted octanol–water partition coefficient (Wildman–Crippen LogP) is 4.91. The summed E-state index contributed by atoms with van der Waals surface area (Å²) in [6.07, 6.45) is 5.00. The van der Waals surface area contributed by atoms with E-state index >= 15 is 0 Å². The van der Waals surface area contributed by atoms with E-state index in [1.807, 2.05) is 13.8 Å². The SMILES string of the molecule is Cc1cc(F)cc(C)c1C(Cl)CC1CCC1. The van der Waals surface area contributed by atoms with Gasteiger partial charge in [-0.05, 0) is 55.0 Å². The van der Waals surface area contributed by atoms with Gasteiger partial charge < -0.3 is 0 Å². The molecule has 1 unspecified atom stereocenters. The summed E-state index contributed by atoms with van der Waals surface area (Å²) in [5.41, 5.74) is 3.10. The molecular formula is C14H18ClF. The first-order chi connectivity index (χ1) is 7.58.